The normalized spacial score (nSPS) is 15.2. The second-order valence-corrected chi connectivity index (χ2v) is 13.6. The van der Waals surface area contributed by atoms with Gasteiger partial charge in [-0.15, -0.1) is 16.5 Å². The van der Waals surface area contributed by atoms with Crippen molar-refractivity contribution in [3.8, 4) is 27.5 Å². The lowest BCUT2D eigenvalue weighted by atomic mass is 9.88. The van der Waals surface area contributed by atoms with E-state index in [-0.39, 0.29) is 10.6 Å². The van der Waals surface area contributed by atoms with Crippen molar-refractivity contribution in [2.45, 2.75) is 56.3 Å². The number of nitrogens with two attached hydrogens (primary N) is 1. The molecule has 0 bridgehead atoms. The van der Waals surface area contributed by atoms with Gasteiger partial charge in [-0.2, -0.15) is 9.65 Å². The van der Waals surface area contributed by atoms with Crippen LogP contribution >= 0.6 is 11.3 Å². The maximum absolute atomic E-state index is 14.9. The Hall–Kier alpha value is -3.83. The van der Waals surface area contributed by atoms with E-state index in [1.165, 1.54) is 52.8 Å². The standard InChI is InChI=1S/C34H31FN4O3S2/c35-28-15-21(10-13-31(28)44(36)42)14-27-30(16-20-8-9-20)39(34-37-29(19-43-34)33(40)41)38-32(27)26-7-3-6-24(18-26)25-12-11-22-4-1-2-5-23(22)17-25/h3,6-7,10-13,15,17-20,42H,1-2,4-5,8-9,14,16,36H2/p+1. The summed E-state index contributed by atoms with van der Waals surface area (Å²) in [4.78, 5) is 16.1. The predicted octanol–water partition coefficient (Wildman–Crippen LogP) is 7.25. The number of thiazole rings is 1. The molecular weight excluding hydrogens is 596 g/mol. The maximum Gasteiger partial charge on any atom is 0.355 e. The minimum absolute atomic E-state index is 0.0192. The summed E-state index contributed by atoms with van der Waals surface area (Å²) < 4.78 is 26.5. The average molecular weight is 628 g/mol. The fourth-order valence-electron chi connectivity index (χ4n) is 6.11. The molecule has 0 spiro atoms. The van der Waals surface area contributed by atoms with Gasteiger partial charge in [0.1, 0.15) is 0 Å². The van der Waals surface area contributed by atoms with E-state index in [9.17, 15) is 18.8 Å². The Morgan fingerprint density at radius 1 is 1.02 bits per heavy atom. The summed E-state index contributed by atoms with van der Waals surface area (Å²) in [5.41, 5.74) is 9.42. The molecule has 10 heteroatoms. The van der Waals surface area contributed by atoms with E-state index in [2.05, 4.69) is 35.3 Å². The molecule has 7 rings (SSSR count). The van der Waals surface area contributed by atoms with Crippen molar-refractivity contribution in [1.82, 2.24) is 14.8 Å². The Bertz CT molecular complexity index is 1880. The van der Waals surface area contributed by atoms with Gasteiger partial charge in [-0.05, 0) is 90.8 Å². The largest absolute Gasteiger partial charge is 0.476 e. The molecule has 1 fully saturated rings. The zero-order valence-corrected chi connectivity index (χ0v) is 25.6. The molecule has 2 heterocycles. The van der Waals surface area contributed by atoms with Crippen LogP contribution in [0.25, 0.3) is 27.5 Å². The van der Waals surface area contributed by atoms with Gasteiger partial charge >= 0.3 is 5.97 Å². The number of fused-ring (bicyclic) bond motifs is 1. The molecule has 0 saturated heterocycles. The Morgan fingerprint density at radius 2 is 1.80 bits per heavy atom. The predicted molar refractivity (Wildman–Crippen MR) is 172 cm³/mol. The second-order valence-electron chi connectivity index (χ2n) is 11.7. The number of aryl methyl sites for hydroxylation is 2. The van der Waals surface area contributed by atoms with Gasteiger partial charge in [0.25, 0.3) is 11.4 Å². The maximum atomic E-state index is 14.9. The summed E-state index contributed by atoms with van der Waals surface area (Å²) in [6.45, 7) is 0. The fourth-order valence-corrected chi connectivity index (χ4v) is 7.35. The first-order valence-electron chi connectivity index (χ1n) is 14.8. The molecular formula is C34H32FN4O3S2+. The summed E-state index contributed by atoms with van der Waals surface area (Å²) in [6.07, 6.45) is 8.08. The molecule has 1 atom stereocenters. The second kappa shape index (κ2) is 11.9. The number of rotatable bonds is 9. The molecule has 0 amide bonds. The number of carboxylic acids is 1. The van der Waals surface area contributed by atoms with Crippen molar-refractivity contribution in [2.24, 2.45) is 11.1 Å². The van der Waals surface area contributed by atoms with Crippen LogP contribution in [0.5, 0.6) is 0 Å². The van der Waals surface area contributed by atoms with E-state index < -0.39 is 23.1 Å². The number of nitrogens with zero attached hydrogens (tertiary/aromatic N) is 3. The SMILES string of the molecule is N[S+](O)c1ccc(Cc2c(-c3cccc(-c4ccc5c(c4)CCCC5)c3)nn(-c3nc(C(=O)O)cs3)c2CC2CC2)cc1F. The molecule has 224 valence electrons. The van der Waals surface area contributed by atoms with Gasteiger partial charge in [-0.25, -0.2) is 18.9 Å². The van der Waals surface area contributed by atoms with Crippen molar-refractivity contribution in [3.63, 3.8) is 0 Å². The molecule has 2 aliphatic carbocycles. The molecule has 1 unspecified atom stereocenters. The Morgan fingerprint density at radius 3 is 2.52 bits per heavy atom. The van der Waals surface area contributed by atoms with Gasteiger partial charge in [0, 0.05) is 29.0 Å². The van der Waals surface area contributed by atoms with Crippen LogP contribution in [-0.4, -0.2) is 30.4 Å². The Kier molecular flexibility index (Phi) is 7.84. The first-order chi connectivity index (χ1) is 21.3. The summed E-state index contributed by atoms with van der Waals surface area (Å²) in [6, 6.07) is 19.9. The van der Waals surface area contributed by atoms with E-state index in [0.29, 0.717) is 17.5 Å². The molecule has 1 saturated carbocycles. The highest BCUT2D eigenvalue weighted by molar-refractivity contribution is 7.89. The van der Waals surface area contributed by atoms with E-state index >= 15 is 0 Å². The van der Waals surface area contributed by atoms with Gasteiger partial charge in [-0.3, -0.25) is 0 Å². The highest BCUT2D eigenvalue weighted by Gasteiger charge is 2.30. The van der Waals surface area contributed by atoms with Crippen LogP contribution in [0.3, 0.4) is 0 Å². The zero-order valence-electron chi connectivity index (χ0n) is 24.0. The molecule has 0 radical (unpaired) electrons. The zero-order chi connectivity index (χ0) is 30.4. The van der Waals surface area contributed by atoms with Crippen LogP contribution in [0.15, 0.2) is 70.9 Å². The van der Waals surface area contributed by atoms with Crippen LogP contribution in [0.2, 0.25) is 0 Å². The van der Waals surface area contributed by atoms with Gasteiger partial charge in [-0.1, -0.05) is 42.5 Å². The van der Waals surface area contributed by atoms with Crippen molar-refractivity contribution in [2.75, 3.05) is 0 Å². The quantitative estimate of drug-likeness (QED) is 0.148. The number of carboxylic acid groups (broad SMARTS) is 1. The summed E-state index contributed by atoms with van der Waals surface area (Å²) >= 11 is -0.430. The van der Waals surface area contributed by atoms with Crippen molar-refractivity contribution in [3.05, 3.63) is 106 Å². The van der Waals surface area contributed by atoms with Gasteiger partial charge in [0.2, 0.25) is 10.0 Å². The minimum Gasteiger partial charge on any atom is -0.476 e. The average Bonchev–Trinajstić information content (AvgIpc) is 3.58. The first kappa shape index (κ1) is 28.9. The van der Waals surface area contributed by atoms with Crippen LogP contribution in [0.4, 0.5) is 4.39 Å². The molecule has 7 nitrogen and oxygen atoms in total. The highest BCUT2D eigenvalue weighted by Crippen LogP contribution is 2.39. The number of hydrogen-bond donors (Lipinski definition) is 3. The molecule has 2 aromatic heterocycles. The number of carbonyl (C=O) groups is 1. The molecule has 3 aromatic carbocycles. The van der Waals surface area contributed by atoms with Crippen molar-refractivity contribution >= 4 is 28.7 Å². The summed E-state index contributed by atoms with van der Waals surface area (Å²) in [7, 11) is 0. The van der Waals surface area contributed by atoms with E-state index in [0.717, 1.165) is 71.3 Å². The van der Waals surface area contributed by atoms with E-state index in [4.69, 9.17) is 10.2 Å². The summed E-state index contributed by atoms with van der Waals surface area (Å²) in [5, 5.41) is 22.2. The molecule has 44 heavy (non-hydrogen) atoms. The smallest absolute Gasteiger partial charge is 0.355 e. The third-order valence-electron chi connectivity index (χ3n) is 8.58. The highest BCUT2D eigenvalue weighted by atomic mass is 32.2. The lowest BCUT2D eigenvalue weighted by molar-refractivity contribution is 0.0691. The lowest BCUT2D eigenvalue weighted by Crippen LogP contribution is -2.13. The molecule has 0 aliphatic heterocycles. The van der Waals surface area contributed by atoms with Crippen LogP contribution in [-0.2, 0) is 37.0 Å². The molecule has 5 aromatic rings. The number of hydrogen-bond acceptors (Lipinski definition) is 6. The van der Waals surface area contributed by atoms with Crippen LogP contribution in [0, 0.1) is 11.7 Å². The Balaban J connectivity index is 1.36. The first-order valence-corrected chi connectivity index (χ1v) is 17.0. The van der Waals surface area contributed by atoms with Gasteiger partial charge in [0.15, 0.2) is 11.5 Å². The van der Waals surface area contributed by atoms with Gasteiger partial charge < -0.3 is 5.11 Å². The van der Waals surface area contributed by atoms with Crippen LogP contribution < -0.4 is 5.14 Å². The Labute approximate surface area is 261 Å². The lowest BCUT2D eigenvalue weighted by Gasteiger charge is -2.17. The monoisotopic (exact) mass is 627 g/mol. The van der Waals surface area contributed by atoms with Crippen LogP contribution in [0.1, 0.15) is 64.1 Å². The third-order valence-corrected chi connectivity index (χ3v) is 10.2. The molecule has 4 N–H and O–H groups in total. The van der Waals surface area contributed by atoms with Gasteiger partial charge in [0.05, 0.1) is 11.4 Å². The van der Waals surface area contributed by atoms with Crippen molar-refractivity contribution < 1.29 is 18.8 Å². The van der Waals surface area contributed by atoms with Crippen molar-refractivity contribution in [1.29, 1.82) is 0 Å². The minimum atomic E-state index is -1.67. The van der Waals surface area contributed by atoms with E-state index in [1.54, 1.807) is 10.7 Å². The van der Waals surface area contributed by atoms with E-state index in [1.807, 2.05) is 12.1 Å². The number of halogens is 1. The summed E-state index contributed by atoms with van der Waals surface area (Å²) in [5.74, 6) is -1.13. The number of benzene rings is 3. The number of aromatic carboxylic acids is 1. The number of aromatic nitrogens is 3. The topological polar surface area (TPSA) is 114 Å². The third kappa shape index (κ3) is 5.82. The molecule has 2 aliphatic rings. The fraction of sp³-hybridized carbons (Fsp3) is 0.265.